The molecule has 0 atom stereocenters. The maximum Gasteiger partial charge on any atom is 0.333 e. The van der Waals surface area contributed by atoms with Crippen LogP contribution in [0.3, 0.4) is 0 Å². The molecule has 1 heterocycles. The molecule has 7 nitrogen and oxygen atoms in total. The standard InChI is InChI=1S/C8H15N5O2/c1-6-7(13(14)15)8(12(2)11-6)10-5-3-4-9/h10H,3-5,9H2,1-2H3. The van der Waals surface area contributed by atoms with Gasteiger partial charge in [-0.25, -0.2) is 4.68 Å². The van der Waals surface area contributed by atoms with E-state index < -0.39 is 4.92 Å². The van der Waals surface area contributed by atoms with Gasteiger partial charge in [0.05, 0.1) is 4.92 Å². The quantitative estimate of drug-likeness (QED) is 0.419. The van der Waals surface area contributed by atoms with E-state index in [4.69, 9.17) is 5.73 Å². The Bertz CT molecular complexity index is 360. The van der Waals surface area contributed by atoms with Crippen molar-refractivity contribution in [2.24, 2.45) is 12.8 Å². The number of aryl methyl sites for hydroxylation is 2. The van der Waals surface area contributed by atoms with Gasteiger partial charge in [-0.3, -0.25) is 10.1 Å². The summed E-state index contributed by atoms with van der Waals surface area (Å²) in [6.45, 7) is 2.78. The fourth-order valence-corrected chi connectivity index (χ4v) is 1.37. The number of hydrogen-bond acceptors (Lipinski definition) is 5. The summed E-state index contributed by atoms with van der Waals surface area (Å²) in [4.78, 5) is 10.4. The summed E-state index contributed by atoms with van der Waals surface area (Å²) in [5.41, 5.74) is 5.79. The molecule has 1 aromatic heterocycles. The van der Waals surface area contributed by atoms with Gasteiger partial charge in [0.15, 0.2) is 0 Å². The maximum absolute atomic E-state index is 10.8. The van der Waals surface area contributed by atoms with E-state index >= 15 is 0 Å². The average Bonchev–Trinajstić information content (AvgIpc) is 2.42. The smallest absolute Gasteiger partial charge is 0.333 e. The van der Waals surface area contributed by atoms with Crippen LogP contribution in [-0.4, -0.2) is 27.8 Å². The molecule has 0 spiro atoms. The molecule has 0 aliphatic heterocycles. The Kier molecular flexibility index (Phi) is 3.62. The topological polar surface area (TPSA) is 99.0 Å². The van der Waals surface area contributed by atoms with Crippen molar-refractivity contribution in [2.45, 2.75) is 13.3 Å². The zero-order valence-corrected chi connectivity index (χ0v) is 8.86. The summed E-state index contributed by atoms with van der Waals surface area (Å²) in [7, 11) is 1.67. The van der Waals surface area contributed by atoms with E-state index in [0.29, 0.717) is 24.6 Å². The summed E-state index contributed by atoms with van der Waals surface area (Å²) in [6, 6.07) is 0. The molecular weight excluding hydrogens is 198 g/mol. The molecule has 0 aliphatic carbocycles. The second kappa shape index (κ2) is 4.74. The Morgan fingerprint density at radius 1 is 1.67 bits per heavy atom. The molecule has 7 heteroatoms. The lowest BCUT2D eigenvalue weighted by Crippen LogP contribution is -2.11. The Morgan fingerprint density at radius 2 is 2.33 bits per heavy atom. The monoisotopic (exact) mass is 213 g/mol. The lowest BCUT2D eigenvalue weighted by atomic mass is 10.3. The van der Waals surface area contributed by atoms with E-state index in [-0.39, 0.29) is 5.69 Å². The molecule has 1 rings (SSSR count). The molecule has 0 aliphatic rings. The minimum Gasteiger partial charge on any atom is -0.364 e. The van der Waals surface area contributed by atoms with Crippen molar-refractivity contribution < 1.29 is 4.92 Å². The van der Waals surface area contributed by atoms with Crippen molar-refractivity contribution in [2.75, 3.05) is 18.4 Å². The second-order valence-electron chi connectivity index (χ2n) is 3.23. The van der Waals surface area contributed by atoms with Gasteiger partial charge in [-0.05, 0) is 19.9 Å². The van der Waals surface area contributed by atoms with Crippen molar-refractivity contribution >= 4 is 11.5 Å². The SMILES string of the molecule is Cc1nn(C)c(NCCCN)c1[N+](=O)[O-]. The zero-order valence-electron chi connectivity index (χ0n) is 8.86. The highest BCUT2D eigenvalue weighted by atomic mass is 16.6. The first-order chi connectivity index (χ1) is 7.07. The van der Waals surface area contributed by atoms with E-state index in [0.717, 1.165) is 6.42 Å². The third-order valence-corrected chi connectivity index (χ3v) is 2.05. The number of hydrogen-bond donors (Lipinski definition) is 2. The molecule has 15 heavy (non-hydrogen) atoms. The molecule has 0 aromatic carbocycles. The van der Waals surface area contributed by atoms with Gasteiger partial charge in [-0.2, -0.15) is 5.10 Å². The fourth-order valence-electron chi connectivity index (χ4n) is 1.37. The van der Waals surface area contributed by atoms with Gasteiger partial charge < -0.3 is 11.1 Å². The molecule has 0 bridgehead atoms. The van der Waals surface area contributed by atoms with Crippen LogP contribution in [0.15, 0.2) is 0 Å². The number of nitrogens with zero attached hydrogens (tertiary/aromatic N) is 3. The summed E-state index contributed by atoms with van der Waals surface area (Å²) in [5, 5.41) is 17.7. The molecule has 0 saturated heterocycles. The first-order valence-corrected chi connectivity index (χ1v) is 4.69. The van der Waals surface area contributed by atoms with Gasteiger partial charge in [0.1, 0.15) is 5.69 Å². The number of nitrogens with two attached hydrogens (primary N) is 1. The summed E-state index contributed by atoms with van der Waals surface area (Å²) >= 11 is 0. The van der Waals surface area contributed by atoms with E-state index in [2.05, 4.69) is 10.4 Å². The largest absolute Gasteiger partial charge is 0.364 e. The Balaban J connectivity index is 2.89. The van der Waals surface area contributed by atoms with Gasteiger partial charge >= 0.3 is 5.69 Å². The van der Waals surface area contributed by atoms with E-state index in [1.54, 1.807) is 14.0 Å². The van der Waals surface area contributed by atoms with Crippen molar-refractivity contribution in [1.29, 1.82) is 0 Å². The molecule has 3 N–H and O–H groups in total. The zero-order chi connectivity index (χ0) is 11.4. The highest BCUT2D eigenvalue weighted by Crippen LogP contribution is 2.26. The number of nitro groups is 1. The van der Waals surface area contributed by atoms with Gasteiger partial charge in [0, 0.05) is 13.6 Å². The summed E-state index contributed by atoms with van der Waals surface area (Å²) < 4.78 is 1.48. The van der Waals surface area contributed by atoms with Crippen LogP contribution in [0.5, 0.6) is 0 Å². The molecule has 0 radical (unpaired) electrons. The molecular formula is C8H15N5O2. The third-order valence-electron chi connectivity index (χ3n) is 2.05. The highest BCUT2D eigenvalue weighted by molar-refractivity contribution is 5.59. The first-order valence-electron chi connectivity index (χ1n) is 4.69. The average molecular weight is 213 g/mol. The summed E-state index contributed by atoms with van der Waals surface area (Å²) in [6.07, 6.45) is 0.765. The Morgan fingerprint density at radius 3 is 2.87 bits per heavy atom. The summed E-state index contributed by atoms with van der Waals surface area (Å²) in [5.74, 6) is 0.436. The van der Waals surface area contributed by atoms with Crippen LogP contribution in [0.4, 0.5) is 11.5 Å². The number of rotatable bonds is 5. The van der Waals surface area contributed by atoms with Crippen LogP contribution in [0, 0.1) is 17.0 Å². The van der Waals surface area contributed by atoms with E-state index in [9.17, 15) is 10.1 Å². The predicted octanol–water partition coefficient (Wildman–Crippen LogP) is 0.397. The molecule has 1 aromatic rings. The Hall–Kier alpha value is -1.63. The van der Waals surface area contributed by atoms with Crippen LogP contribution in [0.1, 0.15) is 12.1 Å². The normalized spacial score (nSPS) is 10.3. The van der Waals surface area contributed by atoms with Crippen molar-refractivity contribution in [3.63, 3.8) is 0 Å². The van der Waals surface area contributed by atoms with Crippen LogP contribution in [0.2, 0.25) is 0 Å². The maximum atomic E-state index is 10.8. The van der Waals surface area contributed by atoms with Crippen molar-refractivity contribution in [3.8, 4) is 0 Å². The van der Waals surface area contributed by atoms with Gasteiger partial charge in [-0.1, -0.05) is 0 Å². The Labute approximate surface area is 87.4 Å². The van der Waals surface area contributed by atoms with Crippen LogP contribution in [0.25, 0.3) is 0 Å². The highest BCUT2D eigenvalue weighted by Gasteiger charge is 2.23. The lowest BCUT2D eigenvalue weighted by Gasteiger charge is -2.04. The third kappa shape index (κ3) is 2.44. The minimum absolute atomic E-state index is 0.0366. The minimum atomic E-state index is -0.423. The molecule has 0 fully saturated rings. The van der Waals surface area contributed by atoms with Crippen LogP contribution in [-0.2, 0) is 7.05 Å². The first kappa shape index (κ1) is 11.4. The fraction of sp³-hybridized carbons (Fsp3) is 0.625. The van der Waals surface area contributed by atoms with Crippen molar-refractivity contribution in [1.82, 2.24) is 9.78 Å². The van der Waals surface area contributed by atoms with Crippen LogP contribution >= 0.6 is 0 Å². The molecule has 0 unspecified atom stereocenters. The number of aromatic nitrogens is 2. The second-order valence-corrected chi connectivity index (χ2v) is 3.23. The lowest BCUT2D eigenvalue weighted by molar-refractivity contribution is -0.384. The molecule has 84 valence electrons. The van der Waals surface area contributed by atoms with E-state index in [1.165, 1.54) is 4.68 Å². The molecule has 0 amide bonds. The number of nitrogens with one attached hydrogen (secondary N) is 1. The van der Waals surface area contributed by atoms with Gasteiger partial charge in [-0.15, -0.1) is 0 Å². The molecule has 0 saturated carbocycles. The predicted molar refractivity (Wildman–Crippen MR) is 56.8 cm³/mol. The van der Waals surface area contributed by atoms with Crippen LogP contribution < -0.4 is 11.1 Å². The van der Waals surface area contributed by atoms with Gasteiger partial charge in [0.25, 0.3) is 0 Å². The number of anilines is 1. The van der Waals surface area contributed by atoms with E-state index in [1.807, 2.05) is 0 Å². The van der Waals surface area contributed by atoms with Gasteiger partial charge in [0.2, 0.25) is 5.82 Å². The van der Waals surface area contributed by atoms with Crippen molar-refractivity contribution in [3.05, 3.63) is 15.8 Å².